The standard InChI is InChI=1S/C10H10NO2/c12-7-8-3-4-10-9(6-8)2-1-5-11(10)13/h3-4,6-7H,1-2,5H2/q-1. The smallest absolute Gasteiger partial charge is 0.150 e. The number of hydroxylamine groups is 1. The van der Waals surface area contributed by atoms with E-state index in [0.29, 0.717) is 12.1 Å². The van der Waals surface area contributed by atoms with E-state index in [1.54, 1.807) is 18.2 Å². The molecule has 0 N–H and O–H groups in total. The predicted octanol–water partition coefficient (Wildman–Crippen LogP) is 1.75. The van der Waals surface area contributed by atoms with Gasteiger partial charge in [0.05, 0.1) is 0 Å². The van der Waals surface area contributed by atoms with Crippen molar-refractivity contribution in [3.8, 4) is 0 Å². The second-order valence-electron chi connectivity index (χ2n) is 3.21. The lowest BCUT2D eigenvalue weighted by molar-refractivity contribution is 0.112. The summed E-state index contributed by atoms with van der Waals surface area (Å²) in [7, 11) is 0. The summed E-state index contributed by atoms with van der Waals surface area (Å²) in [6, 6.07) is 5.21. The van der Waals surface area contributed by atoms with E-state index in [0.717, 1.165) is 35.4 Å². The molecule has 0 bridgehead atoms. The Morgan fingerprint density at radius 1 is 1.46 bits per heavy atom. The normalized spacial score (nSPS) is 15.3. The molecule has 0 unspecified atom stereocenters. The van der Waals surface area contributed by atoms with Crippen LogP contribution in [0.25, 0.3) is 0 Å². The van der Waals surface area contributed by atoms with Crippen LogP contribution in [0.5, 0.6) is 0 Å². The molecule has 1 aliphatic rings. The number of aryl methyl sites for hydroxylation is 1. The Balaban J connectivity index is 2.45. The highest BCUT2D eigenvalue weighted by atomic mass is 16.5. The van der Waals surface area contributed by atoms with E-state index in [-0.39, 0.29) is 0 Å². The van der Waals surface area contributed by atoms with Crippen LogP contribution in [0, 0.1) is 5.21 Å². The summed E-state index contributed by atoms with van der Waals surface area (Å²) < 4.78 is 0. The van der Waals surface area contributed by atoms with Gasteiger partial charge in [-0.15, -0.1) is 0 Å². The molecule has 1 aromatic rings. The molecule has 0 aliphatic carbocycles. The number of fused-ring (bicyclic) bond motifs is 1. The van der Waals surface area contributed by atoms with Gasteiger partial charge in [-0.3, -0.25) is 4.79 Å². The van der Waals surface area contributed by atoms with Crippen LogP contribution in [0.3, 0.4) is 0 Å². The van der Waals surface area contributed by atoms with Crippen LogP contribution >= 0.6 is 0 Å². The topological polar surface area (TPSA) is 43.4 Å². The molecule has 68 valence electrons. The van der Waals surface area contributed by atoms with Crippen LogP contribution in [0.2, 0.25) is 0 Å². The molecule has 0 spiro atoms. The molecule has 1 heterocycles. The SMILES string of the molecule is O=Cc1ccc2c(c1)CCCN2[O-]. The number of benzene rings is 1. The third-order valence-electron chi connectivity index (χ3n) is 2.32. The van der Waals surface area contributed by atoms with Crippen LogP contribution in [0.15, 0.2) is 18.2 Å². The predicted molar refractivity (Wildman–Crippen MR) is 50.9 cm³/mol. The first kappa shape index (κ1) is 8.26. The molecule has 0 saturated carbocycles. The highest BCUT2D eigenvalue weighted by Gasteiger charge is 2.10. The molecule has 0 fully saturated rings. The van der Waals surface area contributed by atoms with Crippen molar-refractivity contribution in [3.63, 3.8) is 0 Å². The molecule has 0 radical (unpaired) electrons. The zero-order chi connectivity index (χ0) is 9.26. The fraction of sp³-hybridized carbons (Fsp3) is 0.300. The van der Waals surface area contributed by atoms with Gasteiger partial charge < -0.3 is 10.3 Å². The molecule has 0 saturated heterocycles. The summed E-state index contributed by atoms with van der Waals surface area (Å²) in [6.07, 6.45) is 2.58. The lowest BCUT2D eigenvalue weighted by Crippen LogP contribution is -2.22. The molecule has 3 nitrogen and oxygen atoms in total. The fourth-order valence-electron chi connectivity index (χ4n) is 1.66. The van der Waals surface area contributed by atoms with Crippen molar-refractivity contribution < 1.29 is 4.79 Å². The summed E-state index contributed by atoms with van der Waals surface area (Å²) in [4.78, 5) is 10.5. The average molecular weight is 176 g/mol. The van der Waals surface area contributed by atoms with Crippen molar-refractivity contribution in [1.29, 1.82) is 0 Å². The molecule has 0 atom stereocenters. The fourth-order valence-corrected chi connectivity index (χ4v) is 1.66. The zero-order valence-corrected chi connectivity index (χ0v) is 7.19. The van der Waals surface area contributed by atoms with Gasteiger partial charge in [0.1, 0.15) is 6.29 Å². The lowest BCUT2D eigenvalue weighted by atomic mass is 10.0. The van der Waals surface area contributed by atoms with E-state index in [1.807, 2.05) is 0 Å². The van der Waals surface area contributed by atoms with E-state index < -0.39 is 0 Å². The first-order chi connectivity index (χ1) is 6.31. The number of rotatable bonds is 1. The van der Waals surface area contributed by atoms with Gasteiger partial charge in [-0.1, -0.05) is 0 Å². The second-order valence-corrected chi connectivity index (χ2v) is 3.21. The van der Waals surface area contributed by atoms with Gasteiger partial charge in [0.25, 0.3) is 0 Å². The van der Waals surface area contributed by atoms with Crippen LogP contribution in [0.1, 0.15) is 22.3 Å². The minimum Gasteiger partial charge on any atom is -0.758 e. The van der Waals surface area contributed by atoms with Crippen molar-refractivity contribution in [2.75, 3.05) is 11.6 Å². The van der Waals surface area contributed by atoms with E-state index >= 15 is 0 Å². The third kappa shape index (κ3) is 1.42. The first-order valence-electron chi connectivity index (χ1n) is 4.34. The Kier molecular flexibility index (Phi) is 2.02. The summed E-state index contributed by atoms with van der Waals surface area (Å²) in [5.41, 5.74) is 2.36. The Labute approximate surface area is 76.6 Å². The minimum atomic E-state index is 0.563. The van der Waals surface area contributed by atoms with Gasteiger partial charge in [0.15, 0.2) is 0 Å². The lowest BCUT2D eigenvalue weighted by Gasteiger charge is -2.36. The highest BCUT2D eigenvalue weighted by Crippen LogP contribution is 2.26. The minimum absolute atomic E-state index is 0.563. The molecule has 1 aromatic carbocycles. The second kappa shape index (κ2) is 3.18. The monoisotopic (exact) mass is 176 g/mol. The number of aldehydes is 1. The average Bonchev–Trinajstić information content (AvgIpc) is 2.18. The Bertz CT molecular complexity index is 336. The van der Waals surface area contributed by atoms with Crippen molar-refractivity contribution in [2.45, 2.75) is 12.8 Å². The van der Waals surface area contributed by atoms with Crippen LogP contribution in [0.4, 0.5) is 5.69 Å². The number of carbonyl (C=O) groups excluding carboxylic acids is 1. The summed E-state index contributed by atoms with van der Waals surface area (Å²) in [5.74, 6) is 0. The Morgan fingerprint density at radius 3 is 3.08 bits per heavy atom. The van der Waals surface area contributed by atoms with Crippen molar-refractivity contribution in [3.05, 3.63) is 34.5 Å². The van der Waals surface area contributed by atoms with E-state index in [4.69, 9.17) is 0 Å². The van der Waals surface area contributed by atoms with Crippen molar-refractivity contribution in [1.82, 2.24) is 0 Å². The molecular weight excluding hydrogens is 166 g/mol. The van der Waals surface area contributed by atoms with E-state index in [1.165, 1.54) is 0 Å². The molecule has 2 rings (SSSR count). The summed E-state index contributed by atoms with van der Waals surface area (Å²) in [6.45, 7) is 0.563. The molecule has 13 heavy (non-hydrogen) atoms. The third-order valence-corrected chi connectivity index (χ3v) is 2.32. The summed E-state index contributed by atoms with van der Waals surface area (Å²) in [5, 5.41) is 12.3. The Morgan fingerprint density at radius 2 is 2.31 bits per heavy atom. The van der Waals surface area contributed by atoms with Gasteiger partial charge in [-0.25, -0.2) is 0 Å². The van der Waals surface area contributed by atoms with Crippen LogP contribution < -0.4 is 5.06 Å². The van der Waals surface area contributed by atoms with Gasteiger partial charge in [-0.2, -0.15) is 0 Å². The zero-order valence-electron chi connectivity index (χ0n) is 7.19. The maximum Gasteiger partial charge on any atom is 0.150 e. The quantitative estimate of drug-likeness (QED) is 0.612. The van der Waals surface area contributed by atoms with Gasteiger partial charge in [0.2, 0.25) is 0 Å². The number of carbonyl (C=O) groups is 1. The Hall–Kier alpha value is -1.35. The maximum absolute atomic E-state index is 11.3. The molecule has 1 aliphatic heterocycles. The number of anilines is 1. The molecular formula is C10H10NO2-. The number of nitrogens with zero attached hydrogens (tertiary/aromatic N) is 1. The van der Waals surface area contributed by atoms with Crippen molar-refractivity contribution in [2.24, 2.45) is 0 Å². The largest absolute Gasteiger partial charge is 0.758 e. The molecule has 3 heteroatoms. The number of hydrogen-bond donors (Lipinski definition) is 0. The van der Waals surface area contributed by atoms with Gasteiger partial charge in [-0.05, 0) is 36.6 Å². The number of hydrogen-bond acceptors (Lipinski definition) is 3. The maximum atomic E-state index is 11.3. The van der Waals surface area contributed by atoms with Crippen LogP contribution in [-0.4, -0.2) is 12.8 Å². The van der Waals surface area contributed by atoms with Crippen molar-refractivity contribution >= 4 is 12.0 Å². The van der Waals surface area contributed by atoms with Gasteiger partial charge >= 0.3 is 0 Å². The summed E-state index contributed by atoms with van der Waals surface area (Å²) >= 11 is 0. The first-order valence-corrected chi connectivity index (χ1v) is 4.34. The van der Waals surface area contributed by atoms with E-state index in [9.17, 15) is 10.0 Å². The van der Waals surface area contributed by atoms with E-state index in [2.05, 4.69) is 0 Å². The van der Waals surface area contributed by atoms with Crippen LogP contribution in [-0.2, 0) is 6.42 Å². The highest BCUT2D eigenvalue weighted by molar-refractivity contribution is 5.77. The molecule has 0 amide bonds. The van der Waals surface area contributed by atoms with Gasteiger partial charge in [0, 0.05) is 17.8 Å². The molecule has 0 aromatic heterocycles.